The van der Waals surface area contributed by atoms with Crippen LogP contribution < -0.4 is 9.47 Å². The summed E-state index contributed by atoms with van der Waals surface area (Å²) < 4.78 is 24.8. The molecule has 3 aromatic carbocycles. The lowest BCUT2D eigenvalue weighted by Gasteiger charge is -2.35. The Hall–Kier alpha value is -4.33. The van der Waals surface area contributed by atoms with Crippen LogP contribution >= 0.6 is 0 Å². The van der Waals surface area contributed by atoms with Gasteiger partial charge in [0.15, 0.2) is 11.5 Å². The zero-order valence-electron chi connectivity index (χ0n) is 20.2. The molecule has 37 heavy (non-hydrogen) atoms. The first-order valence-electron chi connectivity index (χ1n) is 12.4. The molecule has 188 valence electrons. The third-order valence-electron chi connectivity index (χ3n) is 7.06. The van der Waals surface area contributed by atoms with Gasteiger partial charge in [0.2, 0.25) is 12.7 Å². The van der Waals surface area contributed by atoms with Crippen molar-refractivity contribution in [1.29, 1.82) is 0 Å². The molecular formula is C29H26FN3O4. The van der Waals surface area contributed by atoms with E-state index >= 15 is 0 Å². The van der Waals surface area contributed by atoms with Gasteiger partial charge in [-0.25, -0.2) is 4.39 Å². The van der Waals surface area contributed by atoms with Gasteiger partial charge >= 0.3 is 0 Å². The molecule has 1 N–H and O–H groups in total. The lowest BCUT2D eigenvalue weighted by atomic mass is 10.0. The summed E-state index contributed by atoms with van der Waals surface area (Å²) in [6.45, 7) is 2.04. The molecule has 1 aromatic heterocycles. The molecule has 7 nitrogen and oxygen atoms in total. The van der Waals surface area contributed by atoms with Gasteiger partial charge in [-0.2, -0.15) is 0 Å². The van der Waals surface area contributed by atoms with E-state index < -0.39 is 0 Å². The summed E-state index contributed by atoms with van der Waals surface area (Å²) in [5.74, 6) is 0.854. The Labute approximate surface area is 213 Å². The van der Waals surface area contributed by atoms with Gasteiger partial charge in [-0.05, 0) is 53.9 Å². The van der Waals surface area contributed by atoms with E-state index in [2.05, 4.69) is 4.98 Å². The number of benzene rings is 3. The number of halogens is 1. The highest BCUT2D eigenvalue weighted by molar-refractivity contribution is 5.95. The molecule has 1 fully saturated rings. The van der Waals surface area contributed by atoms with Crippen molar-refractivity contribution in [3.8, 4) is 22.8 Å². The Morgan fingerprint density at radius 3 is 2.43 bits per heavy atom. The van der Waals surface area contributed by atoms with Crippen molar-refractivity contribution < 1.29 is 23.5 Å². The number of piperazine rings is 1. The van der Waals surface area contributed by atoms with Gasteiger partial charge in [-0.1, -0.05) is 30.3 Å². The van der Waals surface area contributed by atoms with Crippen molar-refractivity contribution in [3.63, 3.8) is 0 Å². The molecule has 0 saturated carbocycles. The smallest absolute Gasteiger partial charge is 0.254 e. The minimum absolute atomic E-state index is 0.0277. The highest BCUT2D eigenvalue weighted by atomic mass is 19.1. The molecule has 1 saturated heterocycles. The summed E-state index contributed by atoms with van der Waals surface area (Å²) in [5.41, 5.74) is 4.23. The van der Waals surface area contributed by atoms with Crippen LogP contribution in [0.5, 0.6) is 11.5 Å². The topological polar surface area (TPSA) is 74.9 Å². The fourth-order valence-corrected chi connectivity index (χ4v) is 5.09. The second kappa shape index (κ2) is 9.61. The highest BCUT2D eigenvalue weighted by Crippen LogP contribution is 2.33. The van der Waals surface area contributed by atoms with Crippen molar-refractivity contribution in [2.45, 2.75) is 12.8 Å². The number of nitrogens with zero attached hydrogens (tertiary/aromatic N) is 2. The molecule has 0 radical (unpaired) electrons. The third kappa shape index (κ3) is 4.50. The van der Waals surface area contributed by atoms with Crippen molar-refractivity contribution in [1.82, 2.24) is 14.8 Å². The number of rotatable bonds is 5. The number of H-pyrrole nitrogens is 1. The Kier molecular flexibility index (Phi) is 6.00. The van der Waals surface area contributed by atoms with Crippen LogP contribution in [0.1, 0.15) is 22.3 Å². The third-order valence-corrected chi connectivity index (χ3v) is 7.06. The van der Waals surface area contributed by atoms with Gasteiger partial charge in [0.25, 0.3) is 5.91 Å². The minimum Gasteiger partial charge on any atom is -0.454 e. The summed E-state index contributed by atoms with van der Waals surface area (Å²) in [5, 5.41) is 0.797. The van der Waals surface area contributed by atoms with E-state index in [1.165, 1.54) is 12.1 Å². The molecule has 6 rings (SSSR count). The zero-order valence-corrected chi connectivity index (χ0v) is 20.2. The summed E-state index contributed by atoms with van der Waals surface area (Å²) in [6, 6.07) is 19.8. The molecule has 4 aromatic rings. The van der Waals surface area contributed by atoms with Gasteiger partial charge in [0.05, 0.1) is 0 Å². The van der Waals surface area contributed by atoms with Gasteiger partial charge in [-0.3, -0.25) is 9.59 Å². The van der Waals surface area contributed by atoms with Crippen LogP contribution in [0.15, 0.2) is 66.7 Å². The number of aromatic nitrogens is 1. The molecule has 0 unspecified atom stereocenters. The second-order valence-corrected chi connectivity index (χ2v) is 9.28. The maximum absolute atomic E-state index is 14.1. The maximum atomic E-state index is 14.1. The van der Waals surface area contributed by atoms with Crippen molar-refractivity contribution in [2.24, 2.45) is 0 Å². The maximum Gasteiger partial charge on any atom is 0.254 e. The van der Waals surface area contributed by atoms with E-state index in [1.54, 1.807) is 34.1 Å². The van der Waals surface area contributed by atoms with E-state index in [9.17, 15) is 14.0 Å². The molecular weight excluding hydrogens is 473 g/mol. The Bertz CT molecular complexity index is 1480. The fraction of sp³-hybridized carbons (Fsp3) is 0.241. The van der Waals surface area contributed by atoms with Crippen LogP contribution in [0.3, 0.4) is 0 Å². The SMILES string of the molecule is O=C(CCc1c(-c2ccccc2)[nH]c2ccc(F)cc12)N1CCN(C(=O)c2ccc3c(c2)OCO3)CC1. The molecule has 2 aliphatic rings. The van der Waals surface area contributed by atoms with E-state index in [0.29, 0.717) is 56.1 Å². The van der Waals surface area contributed by atoms with Crippen LogP contribution in [-0.4, -0.2) is 59.6 Å². The van der Waals surface area contributed by atoms with Crippen LogP contribution in [-0.2, 0) is 11.2 Å². The molecule has 8 heteroatoms. The first-order chi connectivity index (χ1) is 18.1. The normalized spacial score (nSPS) is 14.8. The van der Waals surface area contributed by atoms with Gasteiger partial charge < -0.3 is 24.3 Å². The number of amides is 2. The predicted octanol–water partition coefficient (Wildman–Crippen LogP) is 4.62. The van der Waals surface area contributed by atoms with Crippen LogP contribution in [0.4, 0.5) is 4.39 Å². The average Bonchev–Trinajstić information content (AvgIpc) is 3.55. The number of hydrogen-bond acceptors (Lipinski definition) is 4. The standard InChI is InChI=1S/C29H26FN3O4/c30-21-7-9-24-23(17-21)22(28(31-24)19-4-2-1-3-5-19)8-11-27(34)32-12-14-33(15-13-32)29(35)20-6-10-25-26(16-20)37-18-36-25/h1-7,9-10,16-17,31H,8,11-15,18H2. The number of ether oxygens (including phenoxy) is 2. The van der Waals surface area contributed by atoms with Gasteiger partial charge in [0, 0.05) is 54.8 Å². The van der Waals surface area contributed by atoms with E-state index in [4.69, 9.17) is 9.47 Å². The fourth-order valence-electron chi connectivity index (χ4n) is 5.09. The van der Waals surface area contributed by atoms with Crippen LogP contribution in [0.2, 0.25) is 0 Å². The second-order valence-electron chi connectivity index (χ2n) is 9.28. The quantitative estimate of drug-likeness (QED) is 0.435. The molecule has 0 bridgehead atoms. The average molecular weight is 500 g/mol. The van der Waals surface area contributed by atoms with Crippen molar-refractivity contribution >= 4 is 22.7 Å². The van der Waals surface area contributed by atoms with E-state index in [0.717, 1.165) is 27.7 Å². The Morgan fingerprint density at radius 1 is 0.865 bits per heavy atom. The van der Waals surface area contributed by atoms with Crippen LogP contribution in [0.25, 0.3) is 22.2 Å². The highest BCUT2D eigenvalue weighted by Gasteiger charge is 2.26. The lowest BCUT2D eigenvalue weighted by molar-refractivity contribution is -0.132. The van der Waals surface area contributed by atoms with Crippen molar-refractivity contribution in [3.05, 3.63) is 83.7 Å². The molecule has 2 aliphatic heterocycles. The number of aromatic amines is 1. The molecule has 0 aliphatic carbocycles. The number of nitrogens with one attached hydrogen (secondary N) is 1. The number of aryl methyl sites for hydroxylation is 1. The monoisotopic (exact) mass is 499 g/mol. The Morgan fingerprint density at radius 2 is 1.62 bits per heavy atom. The zero-order chi connectivity index (χ0) is 25.4. The minimum atomic E-state index is -0.304. The van der Waals surface area contributed by atoms with Gasteiger partial charge in [0.1, 0.15) is 5.82 Å². The number of carbonyl (C=O) groups is 2. The molecule has 2 amide bonds. The summed E-state index contributed by atoms with van der Waals surface area (Å²) in [7, 11) is 0. The molecule has 0 atom stereocenters. The largest absolute Gasteiger partial charge is 0.454 e. The first kappa shape index (κ1) is 23.1. The van der Waals surface area contributed by atoms with Crippen molar-refractivity contribution in [2.75, 3.05) is 33.0 Å². The first-order valence-corrected chi connectivity index (χ1v) is 12.4. The number of hydrogen-bond donors (Lipinski definition) is 1. The van der Waals surface area contributed by atoms with E-state index in [1.807, 2.05) is 30.3 Å². The molecule has 3 heterocycles. The predicted molar refractivity (Wildman–Crippen MR) is 137 cm³/mol. The number of carbonyl (C=O) groups excluding carboxylic acids is 2. The van der Waals surface area contributed by atoms with Crippen LogP contribution in [0, 0.1) is 5.82 Å². The molecule has 0 spiro atoms. The van der Waals surface area contributed by atoms with E-state index in [-0.39, 0.29) is 24.4 Å². The van der Waals surface area contributed by atoms with Gasteiger partial charge in [-0.15, -0.1) is 0 Å². The summed E-state index contributed by atoms with van der Waals surface area (Å²) >= 11 is 0. The summed E-state index contributed by atoms with van der Waals surface area (Å²) in [4.78, 5) is 33.1. The lowest BCUT2D eigenvalue weighted by Crippen LogP contribution is -2.50. The number of fused-ring (bicyclic) bond motifs is 2. The summed E-state index contributed by atoms with van der Waals surface area (Å²) in [6.07, 6.45) is 0.794. The Balaban J connectivity index is 1.12.